The molecule has 22 heavy (non-hydrogen) atoms. The van der Waals surface area contributed by atoms with Crippen LogP contribution in [0.15, 0.2) is 36.4 Å². The zero-order valence-electron chi connectivity index (χ0n) is 11.7. The number of nitrogens with one attached hydrogen (secondary N) is 1. The number of alkyl halides is 3. The fraction of sp³-hybridized carbons (Fsp3) is 0.133. The van der Waals surface area contributed by atoms with E-state index in [4.69, 9.17) is 11.5 Å². The van der Waals surface area contributed by atoms with Gasteiger partial charge in [-0.2, -0.15) is 13.2 Å². The minimum Gasteiger partial charge on any atom is -0.398 e. The number of benzene rings is 2. The largest absolute Gasteiger partial charge is 0.416 e. The summed E-state index contributed by atoms with van der Waals surface area (Å²) in [5, 5.41) is 2.46. The summed E-state index contributed by atoms with van der Waals surface area (Å²) >= 11 is 0. The Morgan fingerprint density at radius 2 is 1.73 bits per heavy atom. The molecule has 0 saturated heterocycles. The van der Waals surface area contributed by atoms with Crippen molar-refractivity contribution in [3.63, 3.8) is 0 Å². The van der Waals surface area contributed by atoms with Gasteiger partial charge in [-0.1, -0.05) is 11.6 Å². The molecule has 0 aromatic heterocycles. The number of amides is 1. The van der Waals surface area contributed by atoms with Gasteiger partial charge in [0.1, 0.15) is 0 Å². The van der Waals surface area contributed by atoms with Crippen molar-refractivity contribution in [2.24, 2.45) is 0 Å². The van der Waals surface area contributed by atoms with E-state index in [-0.39, 0.29) is 22.6 Å². The third kappa shape index (κ3) is 3.30. The number of nitrogen functional groups attached to an aromatic ring is 2. The molecule has 0 aliphatic carbocycles. The third-order valence-corrected chi connectivity index (χ3v) is 3.08. The van der Waals surface area contributed by atoms with Gasteiger partial charge in [0.15, 0.2) is 0 Å². The molecule has 2 rings (SSSR count). The summed E-state index contributed by atoms with van der Waals surface area (Å²) < 4.78 is 37.7. The van der Waals surface area contributed by atoms with Crippen LogP contribution in [0.3, 0.4) is 0 Å². The van der Waals surface area contributed by atoms with Gasteiger partial charge in [-0.25, -0.2) is 0 Å². The van der Waals surface area contributed by atoms with Crippen molar-refractivity contribution in [2.75, 3.05) is 16.8 Å². The van der Waals surface area contributed by atoms with Crippen molar-refractivity contribution in [1.82, 2.24) is 0 Å². The van der Waals surface area contributed by atoms with Crippen molar-refractivity contribution in [1.29, 1.82) is 0 Å². The van der Waals surface area contributed by atoms with Crippen LogP contribution in [0.25, 0.3) is 0 Å². The summed E-state index contributed by atoms with van der Waals surface area (Å²) in [6.07, 6.45) is -4.49. The van der Waals surface area contributed by atoms with Crippen LogP contribution >= 0.6 is 0 Å². The summed E-state index contributed by atoms with van der Waals surface area (Å²) in [5.41, 5.74) is 11.7. The first kappa shape index (κ1) is 15.7. The van der Waals surface area contributed by atoms with Crippen LogP contribution in [0.2, 0.25) is 0 Å². The molecule has 2 aromatic rings. The van der Waals surface area contributed by atoms with Crippen molar-refractivity contribution in [3.8, 4) is 0 Å². The maximum Gasteiger partial charge on any atom is 0.416 e. The number of carbonyl (C=O) groups is 1. The SMILES string of the molecule is Cc1ccc(N)c(C(=O)Nc2ccc(C(F)(F)F)cc2N)c1. The molecule has 0 unspecified atom stereocenters. The standard InChI is InChI=1S/C15H14F3N3O/c1-8-2-4-11(19)10(6-8)14(22)21-13-5-3-9(7-12(13)20)15(16,17)18/h2-7H,19-20H2,1H3,(H,21,22). The summed E-state index contributed by atoms with van der Waals surface area (Å²) in [4.78, 5) is 12.2. The molecule has 116 valence electrons. The van der Waals surface area contributed by atoms with E-state index in [9.17, 15) is 18.0 Å². The number of hydrogen-bond donors (Lipinski definition) is 3. The van der Waals surface area contributed by atoms with Gasteiger partial charge in [-0.3, -0.25) is 4.79 Å². The lowest BCUT2D eigenvalue weighted by Gasteiger charge is -2.13. The highest BCUT2D eigenvalue weighted by Gasteiger charge is 2.30. The van der Waals surface area contributed by atoms with Gasteiger partial charge in [0.2, 0.25) is 0 Å². The minimum absolute atomic E-state index is 0.0962. The molecule has 0 heterocycles. The highest BCUT2D eigenvalue weighted by molar-refractivity contribution is 6.09. The van der Waals surface area contributed by atoms with Gasteiger partial charge in [-0.05, 0) is 37.3 Å². The molecule has 2 aromatic carbocycles. The van der Waals surface area contributed by atoms with Crippen LogP contribution in [-0.2, 0) is 6.18 Å². The topological polar surface area (TPSA) is 81.1 Å². The number of halogens is 3. The van der Waals surface area contributed by atoms with Crippen LogP contribution in [0.5, 0.6) is 0 Å². The lowest BCUT2D eigenvalue weighted by atomic mass is 10.1. The lowest BCUT2D eigenvalue weighted by Crippen LogP contribution is -2.16. The van der Waals surface area contributed by atoms with Crippen LogP contribution in [0.1, 0.15) is 21.5 Å². The second kappa shape index (κ2) is 5.59. The van der Waals surface area contributed by atoms with E-state index in [1.54, 1.807) is 25.1 Å². The van der Waals surface area contributed by atoms with E-state index in [1.165, 1.54) is 0 Å². The quantitative estimate of drug-likeness (QED) is 0.743. The average Bonchev–Trinajstić information content (AvgIpc) is 2.42. The zero-order valence-corrected chi connectivity index (χ0v) is 11.7. The number of nitrogens with two attached hydrogens (primary N) is 2. The van der Waals surface area contributed by atoms with E-state index in [0.29, 0.717) is 0 Å². The Morgan fingerprint density at radius 1 is 1.05 bits per heavy atom. The molecule has 7 heteroatoms. The van der Waals surface area contributed by atoms with Crippen LogP contribution in [0, 0.1) is 6.92 Å². The number of anilines is 3. The maximum atomic E-state index is 12.6. The van der Waals surface area contributed by atoms with Gasteiger partial charge in [0.05, 0.1) is 22.5 Å². The predicted molar refractivity (Wildman–Crippen MR) is 79.4 cm³/mol. The smallest absolute Gasteiger partial charge is 0.398 e. The molecule has 0 bridgehead atoms. The Hall–Kier alpha value is -2.70. The number of aryl methyl sites for hydroxylation is 1. The summed E-state index contributed by atoms with van der Waals surface area (Å²) in [6.45, 7) is 1.79. The summed E-state index contributed by atoms with van der Waals surface area (Å²) in [7, 11) is 0. The Morgan fingerprint density at radius 3 is 2.32 bits per heavy atom. The molecule has 0 aliphatic rings. The fourth-order valence-corrected chi connectivity index (χ4v) is 1.91. The van der Waals surface area contributed by atoms with E-state index in [1.807, 2.05) is 0 Å². The van der Waals surface area contributed by atoms with Crippen LogP contribution < -0.4 is 16.8 Å². The van der Waals surface area contributed by atoms with E-state index in [0.717, 1.165) is 23.8 Å². The second-order valence-corrected chi connectivity index (χ2v) is 4.84. The molecular weight excluding hydrogens is 295 g/mol. The summed E-state index contributed by atoms with van der Waals surface area (Å²) in [5.74, 6) is -0.535. The van der Waals surface area contributed by atoms with Crippen LogP contribution in [0.4, 0.5) is 30.2 Å². The Labute approximate surface area is 124 Å². The van der Waals surface area contributed by atoms with Crippen molar-refractivity contribution >= 4 is 23.0 Å². The van der Waals surface area contributed by atoms with E-state index in [2.05, 4.69) is 5.32 Å². The molecule has 4 nitrogen and oxygen atoms in total. The fourth-order valence-electron chi connectivity index (χ4n) is 1.91. The molecule has 0 aliphatic heterocycles. The first-order valence-electron chi connectivity index (χ1n) is 6.32. The Bertz CT molecular complexity index is 726. The van der Waals surface area contributed by atoms with Gasteiger partial charge < -0.3 is 16.8 Å². The van der Waals surface area contributed by atoms with Crippen molar-refractivity contribution in [2.45, 2.75) is 13.1 Å². The Balaban J connectivity index is 2.27. The third-order valence-electron chi connectivity index (χ3n) is 3.08. The molecular formula is C15H14F3N3O. The zero-order chi connectivity index (χ0) is 16.5. The molecule has 0 saturated carbocycles. The van der Waals surface area contributed by atoms with Gasteiger partial charge in [0.25, 0.3) is 5.91 Å². The normalized spacial score (nSPS) is 11.3. The molecule has 1 amide bonds. The highest BCUT2D eigenvalue weighted by atomic mass is 19.4. The second-order valence-electron chi connectivity index (χ2n) is 4.84. The molecule has 0 atom stereocenters. The van der Waals surface area contributed by atoms with Gasteiger partial charge in [-0.15, -0.1) is 0 Å². The first-order chi connectivity index (χ1) is 10.2. The average molecular weight is 309 g/mol. The number of hydrogen-bond acceptors (Lipinski definition) is 3. The molecule has 5 N–H and O–H groups in total. The molecule has 0 spiro atoms. The minimum atomic E-state index is -4.49. The predicted octanol–water partition coefficient (Wildman–Crippen LogP) is 3.43. The number of carbonyl (C=O) groups excluding carboxylic acids is 1. The van der Waals surface area contributed by atoms with Crippen molar-refractivity contribution < 1.29 is 18.0 Å². The molecule has 0 radical (unpaired) electrons. The van der Waals surface area contributed by atoms with E-state index >= 15 is 0 Å². The first-order valence-corrected chi connectivity index (χ1v) is 6.32. The monoisotopic (exact) mass is 309 g/mol. The van der Waals surface area contributed by atoms with E-state index < -0.39 is 17.6 Å². The van der Waals surface area contributed by atoms with Crippen LogP contribution in [-0.4, -0.2) is 5.91 Å². The van der Waals surface area contributed by atoms with Gasteiger partial charge in [0, 0.05) is 5.69 Å². The van der Waals surface area contributed by atoms with Crippen molar-refractivity contribution in [3.05, 3.63) is 53.1 Å². The highest BCUT2D eigenvalue weighted by Crippen LogP contribution is 2.33. The Kier molecular flexibility index (Phi) is 3.99. The summed E-state index contributed by atoms with van der Waals surface area (Å²) in [6, 6.07) is 7.66. The molecule has 0 fully saturated rings. The lowest BCUT2D eigenvalue weighted by molar-refractivity contribution is -0.137. The number of rotatable bonds is 2. The van der Waals surface area contributed by atoms with Gasteiger partial charge >= 0.3 is 6.18 Å². The maximum absolute atomic E-state index is 12.6.